The van der Waals surface area contributed by atoms with Crippen molar-refractivity contribution in [3.05, 3.63) is 0 Å². The van der Waals surface area contributed by atoms with Crippen molar-refractivity contribution in [1.82, 2.24) is 10.2 Å². The first-order valence-corrected chi connectivity index (χ1v) is 7.86. The summed E-state index contributed by atoms with van der Waals surface area (Å²) in [4.78, 5) is 2.43. The van der Waals surface area contributed by atoms with Crippen molar-refractivity contribution in [3.63, 3.8) is 0 Å². The molecule has 0 radical (unpaired) electrons. The standard InChI is InChI=1S/C15H30N2O2/c1-3-5-16-15-4-6-19-11-13(15)10-17(2)9-12-7-14(18)8-12/h12-16,18H,3-11H2,1-2H3. The molecule has 2 atom stereocenters. The smallest absolute Gasteiger partial charge is 0.0546 e. The summed E-state index contributed by atoms with van der Waals surface area (Å²) in [6, 6.07) is 0.614. The predicted octanol–water partition coefficient (Wildman–Crippen LogP) is 1.09. The summed E-state index contributed by atoms with van der Waals surface area (Å²) in [5, 5.41) is 13.0. The fourth-order valence-electron chi connectivity index (χ4n) is 3.34. The number of ether oxygens (including phenoxy) is 1. The van der Waals surface area contributed by atoms with Gasteiger partial charge in [-0.2, -0.15) is 0 Å². The highest BCUT2D eigenvalue weighted by Crippen LogP contribution is 2.28. The SMILES string of the molecule is CCCNC1CCOCC1CN(C)CC1CC(O)C1. The van der Waals surface area contributed by atoms with E-state index in [9.17, 15) is 5.11 Å². The molecule has 0 aromatic carbocycles. The number of hydrogen-bond donors (Lipinski definition) is 2. The first-order valence-electron chi connectivity index (χ1n) is 7.86. The highest BCUT2D eigenvalue weighted by molar-refractivity contribution is 4.84. The van der Waals surface area contributed by atoms with Gasteiger partial charge >= 0.3 is 0 Å². The summed E-state index contributed by atoms with van der Waals surface area (Å²) in [5.41, 5.74) is 0. The van der Waals surface area contributed by atoms with E-state index in [1.807, 2.05) is 0 Å². The zero-order chi connectivity index (χ0) is 13.7. The Kier molecular flexibility index (Phi) is 6.07. The number of aliphatic hydroxyl groups excluding tert-OH is 1. The van der Waals surface area contributed by atoms with Gasteiger partial charge in [0.1, 0.15) is 0 Å². The second-order valence-electron chi connectivity index (χ2n) is 6.40. The van der Waals surface area contributed by atoms with Crippen LogP contribution in [0.5, 0.6) is 0 Å². The Hall–Kier alpha value is -0.160. The number of aliphatic hydroxyl groups is 1. The molecular formula is C15H30N2O2. The van der Waals surface area contributed by atoms with Gasteiger partial charge in [-0.15, -0.1) is 0 Å². The van der Waals surface area contributed by atoms with Gasteiger partial charge in [0.05, 0.1) is 12.7 Å². The molecular weight excluding hydrogens is 240 g/mol. The number of hydrogen-bond acceptors (Lipinski definition) is 4. The van der Waals surface area contributed by atoms with E-state index in [0.717, 1.165) is 52.1 Å². The van der Waals surface area contributed by atoms with Crippen molar-refractivity contribution in [3.8, 4) is 0 Å². The predicted molar refractivity (Wildman–Crippen MR) is 77.2 cm³/mol. The van der Waals surface area contributed by atoms with Crippen LogP contribution >= 0.6 is 0 Å². The van der Waals surface area contributed by atoms with Crippen molar-refractivity contribution in [2.75, 3.05) is 39.9 Å². The Balaban J connectivity index is 1.71. The lowest BCUT2D eigenvalue weighted by Gasteiger charge is -2.38. The van der Waals surface area contributed by atoms with Crippen LogP contribution in [0.2, 0.25) is 0 Å². The van der Waals surface area contributed by atoms with E-state index >= 15 is 0 Å². The molecule has 2 fully saturated rings. The molecule has 2 N–H and O–H groups in total. The molecule has 2 aliphatic rings. The lowest BCUT2D eigenvalue weighted by molar-refractivity contribution is 0.00244. The topological polar surface area (TPSA) is 44.7 Å². The molecule has 0 aromatic rings. The van der Waals surface area contributed by atoms with Crippen LogP contribution in [0.25, 0.3) is 0 Å². The van der Waals surface area contributed by atoms with E-state index in [1.54, 1.807) is 0 Å². The van der Waals surface area contributed by atoms with Gasteiger partial charge in [0.15, 0.2) is 0 Å². The fraction of sp³-hybridized carbons (Fsp3) is 1.00. The number of rotatable bonds is 7. The van der Waals surface area contributed by atoms with Crippen LogP contribution in [-0.2, 0) is 4.74 Å². The van der Waals surface area contributed by atoms with Crippen molar-refractivity contribution >= 4 is 0 Å². The summed E-state index contributed by atoms with van der Waals surface area (Å²) in [7, 11) is 2.20. The van der Waals surface area contributed by atoms with E-state index in [-0.39, 0.29) is 6.10 Å². The van der Waals surface area contributed by atoms with Gasteiger partial charge in [0.2, 0.25) is 0 Å². The minimum atomic E-state index is -0.0321. The van der Waals surface area contributed by atoms with Crippen LogP contribution in [0.15, 0.2) is 0 Å². The summed E-state index contributed by atoms with van der Waals surface area (Å²) >= 11 is 0. The Morgan fingerprint density at radius 1 is 1.32 bits per heavy atom. The summed E-state index contributed by atoms with van der Waals surface area (Å²) in [5.74, 6) is 1.31. The van der Waals surface area contributed by atoms with Crippen LogP contribution < -0.4 is 5.32 Å². The summed E-state index contributed by atoms with van der Waals surface area (Å²) in [6.45, 7) is 7.34. The lowest BCUT2D eigenvalue weighted by atomic mass is 9.82. The van der Waals surface area contributed by atoms with Crippen LogP contribution in [0.3, 0.4) is 0 Å². The Morgan fingerprint density at radius 3 is 2.79 bits per heavy atom. The molecule has 1 saturated heterocycles. The number of nitrogens with zero attached hydrogens (tertiary/aromatic N) is 1. The normalized spacial score (nSPS) is 35.4. The fourth-order valence-corrected chi connectivity index (χ4v) is 3.34. The monoisotopic (exact) mass is 270 g/mol. The molecule has 0 bridgehead atoms. The Morgan fingerprint density at radius 2 is 2.11 bits per heavy atom. The average Bonchev–Trinajstić information content (AvgIpc) is 2.36. The van der Waals surface area contributed by atoms with Crippen LogP contribution in [-0.4, -0.2) is 62.0 Å². The summed E-state index contributed by atoms with van der Waals surface area (Å²) in [6.07, 6.45) is 4.28. The molecule has 4 heteroatoms. The molecule has 0 aromatic heterocycles. The maximum atomic E-state index is 9.34. The minimum absolute atomic E-state index is 0.0321. The van der Waals surface area contributed by atoms with Crippen molar-refractivity contribution in [2.24, 2.45) is 11.8 Å². The van der Waals surface area contributed by atoms with Crippen molar-refractivity contribution in [2.45, 2.75) is 44.8 Å². The molecule has 19 heavy (non-hydrogen) atoms. The van der Waals surface area contributed by atoms with Crippen LogP contribution in [0.1, 0.15) is 32.6 Å². The minimum Gasteiger partial charge on any atom is -0.393 e. The van der Waals surface area contributed by atoms with E-state index in [4.69, 9.17) is 4.74 Å². The molecule has 2 unspecified atom stereocenters. The first kappa shape index (κ1) is 15.2. The van der Waals surface area contributed by atoms with Gasteiger partial charge in [-0.05, 0) is 45.2 Å². The van der Waals surface area contributed by atoms with Gasteiger partial charge in [-0.1, -0.05) is 6.92 Å². The molecule has 4 nitrogen and oxygen atoms in total. The highest BCUT2D eigenvalue weighted by atomic mass is 16.5. The molecule has 112 valence electrons. The van der Waals surface area contributed by atoms with E-state index < -0.39 is 0 Å². The van der Waals surface area contributed by atoms with Crippen LogP contribution in [0.4, 0.5) is 0 Å². The van der Waals surface area contributed by atoms with E-state index in [2.05, 4.69) is 24.2 Å². The molecule has 1 heterocycles. The highest BCUT2D eigenvalue weighted by Gasteiger charge is 2.30. The quantitative estimate of drug-likeness (QED) is 0.727. The maximum Gasteiger partial charge on any atom is 0.0546 e. The van der Waals surface area contributed by atoms with E-state index in [1.165, 1.54) is 6.42 Å². The third-order valence-electron chi connectivity index (χ3n) is 4.46. The van der Waals surface area contributed by atoms with Gasteiger partial charge < -0.3 is 20.1 Å². The molecule has 0 spiro atoms. The van der Waals surface area contributed by atoms with Gasteiger partial charge in [-0.25, -0.2) is 0 Å². The zero-order valence-corrected chi connectivity index (χ0v) is 12.5. The molecule has 1 aliphatic heterocycles. The third kappa shape index (κ3) is 4.71. The lowest BCUT2D eigenvalue weighted by Crippen LogP contribution is -2.48. The Labute approximate surface area is 117 Å². The van der Waals surface area contributed by atoms with Gasteiger partial charge in [0.25, 0.3) is 0 Å². The zero-order valence-electron chi connectivity index (χ0n) is 12.5. The molecule has 1 saturated carbocycles. The maximum absolute atomic E-state index is 9.34. The average molecular weight is 270 g/mol. The molecule has 1 aliphatic carbocycles. The van der Waals surface area contributed by atoms with Crippen molar-refractivity contribution < 1.29 is 9.84 Å². The van der Waals surface area contributed by atoms with Gasteiger partial charge in [0, 0.05) is 31.7 Å². The largest absolute Gasteiger partial charge is 0.393 e. The molecule has 2 rings (SSSR count). The second-order valence-corrected chi connectivity index (χ2v) is 6.40. The number of nitrogens with one attached hydrogen (secondary N) is 1. The second kappa shape index (κ2) is 7.58. The van der Waals surface area contributed by atoms with E-state index in [0.29, 0.717) is 17.9 Å². The van der Waals surface area contributed by atoms with Crippen LogP contribution in [0, 0.1) is 11.8 Å². The first-order chi connectivity index (χ1) is 9.19. The third-order valence-corrected chi connectivity index (χ3v) is 4.46. The van der Waals surface area contributed by atoms with Gasteiger partial charge in [-0.3, -0.25) is 0 Å². The summed E-state index contributed by atoms with van der Waals surface area (Å²) < 4.78 is 5.65. The Bertz CT molecular complexity index is 257. The molecule has 0 amide bonds. The van der Waals surface area contributed by atoms with Crippen molar-refractivity contribution in [1.29, 1.82) is 0 Å².